The molecule has 3 rings (SSSR count). The first-order chi connectivity index (χ1) is 12.3. The normalized spacial score (nSPS) is 18.8. The summed E-state index contributed by atoms with van der Waals surface area (Å²) in [5, 5.41) is 2.29. The van der Waals surface area contributed by atoms with Crippen LogP contribution in [0.1, 0.15) is 13.3 Å². The molecule has 136 valence electrons. The Morgan fingerprint density at radius 1 is 1.23 bits per heavy atom. The Balaban J connectivity index is 1.91. The quantitative estimate of drug-likeness (QED) is 0.870. The zero-order chi connectivity index (χ0) is 18.9. The summed E-state index contributed by atoms with van der Waals surface area (Å²) < 4.78 is 25.3. The molecule has 0 saturated carbocycles. The summed E-state index contributed by atoms with van der Waals surface area (Å²) in [6, 6.07) is 12.9. The van der Waals surface area contributed by atoms with E-state index in [2.05, 4.69) is 5.32 Å². The van der Waals surface area contributed by atoms with E-state index in [1.54, 1.807) is 36.4 Å². The number of nitrogens with zero attached hydrogens (tertiary/aromatic N) is 1. The van der Waals surface area contributed by atoms with Crippen LogP contribution in [0.5, 0.6) is 0 Å². The van der Waals surface area contributed by atoms with Crippen LogP contribution in [0.15, 0.2) is 53.4 Å². The number of para-hydroxylation sites is 1. The van der Waals surface area contributed by atoms with Crippen molar-refractivity contribution in [1.29, 1.82) is 0 Å². The molecule has 0 saturated heterocycles. The Morgan fingerprint density at radius 3 is 2.69 bits per heavy atom. The largest absolute Gasteiger partial charge is 0.324 e. The van der Waals surface area contributed by atoms with Crippen molar-refractivity contribution in [2.45, 2.75) is 23.5 Å². The SMILES string of the molecule is C[C@H]1CC(=O)N(CC(=O)Nc2cccc(Cl)c2)c2ccccc2S1(=O)=O. The number of fused-ring (bicyclic) bond motifs is 1. The lowest BCUT2D eigenvalue weighted by Gasteiger charge is -2.21. The average molecular weight is 393 g/mol. The van der Waals surface area contributed by atoms with Gasteiger partial charge < -0.3 is 10.2 Å². The number of nitrogens with one attached hydrogen (secondary N) is 1. The summed E-state index contributed by atoms with van der Waals surface area (Å²) >= 11 is 5.90. The zero-order valence-corrected chi connectivity index (χ0v) is 15.5. The van der Waals surface area contributed by atoms with E-state index < -0.39 is 26.9 Å². The third-order valence-electron chi connectivity index (χ3n) is 4.17. The summed E-state index contributed by atoms with van der Waals surface area (Å²) in [6.07, 6.45) is -0.179. The fourth-order valence-electron chi connectivity index (χ4n) is 2.82. The molecule has 8 heteroatoms. The fraction of sp³-hybridized carbons (Fsp3) is 0.222. The smallest absolute Gasteiger partial charge is 0.244 e. The lowest BCUT2D eigenvalue weighted by molar-refractivity contribution is -0.121. The topological polar surface area (TPSA) is 83.6 Å². The molecule has 1 heterocycles. The Labute approximate surface area is 156 Å². The molecule has 0 bridgehead atoms. The van der Waals surface area contributed by atoms with Gasteiger partial charge in [0.05, 0.1) is 15.8 Å². The molecule has 1 N–H and O–H groups in total. The van der Waals surface area contributed by atoms with Gasteiger partial charge in [-0.3, -0.25) is 9.59 Å². The molecular formula is C18H17ClN2O4S. The van der Waals surface area contributed by atoms with E-state index in [-0.39, 0.29) is 23.5 Å². The van der Waals surface area contributed by atoms with Crippen molar-refractivity contribution in [2.75, 3.05) is 16.8 Å². The standard InChI is InChI=1S/C18H17ClN2O4S/c1-12-9-18(23)21(15-7-2-3-8-16(15)26(12,24)25)11-17(22)20-14-6-4-5-13(19)10-14/h2-8,10,12H,9,11H2,1H3,(H,20,22)/t12-/m0/s1. The van der Waals surface area contributed by atoms with E-state index in [0.29, 0.717) is 10.7 Å². The molecule has 0 aliphatic carbocycles. The number of amides is 2. The maximum atomic E-state index is 12.6. The first-order valence-electron chi connectivity index (χ1n) is 7.98. The Kier molecular flexibility index (Phi) is 5.02. The van der Waals surface area contributed by atoms with Gasteiger partial charge in [0.1, 0.15) is 6.54 Å². The molecule has 0 aromatic heterocycles. The number of carbonyl (C=O) groups is 2. The number of benzene rings is 2. The molecular weight excluding hydrogens is 376 g/mol. The van der Waals surface area contributed by atoms with Crippen LogP contribution in [-0.2, 0) is 19.4 Å². The predicted octanol–water partition coefficient (Wildman–Crippen LogP) is 2.88. The molecule has 6 nitrogen and oxygen atoms in total. The maximum Gasteiger partial charge on any atom is 0.244 e. The van der Waals surface area contributed by atoms with Crippen molar-refractivity contribution in [3.8, 4) is 0 Å². The average Bonchev–Trinajstić information content (AvgIpc) is 2.65. The highest BCUT2D eigenvalue weighted by molar-refractivity contribution is 7.92. The molecule has 0 fully saturated rings. The first kappa shape index (κ1) is 18.4. The zero-order valence-electron chi connectivity index (χ0n) is 14.0. The van der Waals surface area contributed by atoms with E-state index in [1.807, 2.05) is 0 Å². The highest BCUT2D eigenvalue weighted by atomic mass is 35.5. The third kappa shape index (κ3) is 3.59. The van der Waals surface area contributed by atoms with Gasteiger partial charge in [0.25, 0.3) is 0 Å². The van der Waals surface area contributed by atoms with Gasteiger partial charge in [-0.1, -0.05) is 29.8 Å². The van der Waals surface area contributed by atoms with E-state index in [4.69, 9.17) is 11.6 Å². The van der Waals surface area contributed by atoms with Gasteiger partial charge in [-0.15, -0.1) is 0 Å². The first-order valence-corrected chi connectivity index (χ1v) is 9.90. The number of rotatable bonds is 3. The number of halogens is 1. The minimum atomic E-state index is -3.64. The van der Waals surface area contributed by atoms with Gasteiger partial charge in [0.15, 0.2) is 9.84 Å². The molecule has 26 heavy (non-hydrogen) atoms. The number of sulfone groups is 1. The van der Waals surface area contributed by atoms with Gasteiger partial charge in [0.2, 0.25) is 11.8 Å². The number of anilines is 2. The number of carbonyl (C=O) groups excluding carboxylic acids is 2. The second-order valence-corrected chi connectivity index (χ2v) is 8.84. The minimum Gasteiger partial charge on any atom is -0.324 e. The highest BCUT2D eigenvalue weighted by Crippen LogP contribution is 2.33. The monoisotopic (exact) mass is 392 g/mol. The van der Waals surface area contributed by atoms with E-state index in [0.717, 1.165) is 0 Å². The van der Waals surface area contributed by atoms with E-state index >= 15 is 0 Å². The van der Waals surface area contributed by atoms with Crippen LogP contribution < -0.4 is 10.2 Å². The predicted molar refractivity (Wildman–Crippen MR) is 100 cm³/mol. The molecule has 2 amide bonds. The minimum absolute atomic E-state index is 0.0638. The Morgan fingerprint density at radius 2 is 1.96 bits per heavy atom. The van der Waals surface area contributed by atoms with Crippen LogP contribution in [-0.4, -0.2) is 32.0 Å². The van der Waals surface area contributed by atoms with Gasteiger partial charge in [-0.2, -0.15) is 0 Å². The summed E-state index contributed by atoms with van der Waals surface area (Å²) in [7, 11) is -3.64. The Hall–Kier alpha value is -2.38. The van der Waals surface area contributed by atoms with Crippen LogP contribution in [0, 0.1) is 0 Å². The van der Waals surface area contributed by atoms with Gasteiger partial charge in [0, 0.05) is 17.1 Å². The molecule has 0 spiro atoms. The highest BCUT2D eigenvalue weighted by Gasteiger charge is 2.36. The van der Waals surface area contributed by atoms with Gasteiger partial charge in [-0.05, 0) is 37.3 Å². The van der Waals surface area contributed by atoms with Crippen LogP contribution >= 0.6 is 11.6 Å². The van der Waals surface area contributed by atoms with Crippen molar-refractivity contribution in [3.05, 3.63) is 53.6 Å². The summed E-state index contributed by atoms with van der Waals surface area (Å²) in [5.41, 5.74) is 0.724. The molecule has 2 aromatic rings. The van der Waals surface area contributed by atoms with Crippen molar-refractivity contribution in [3.63, 3.8) is 0 Å². The van der Waals surface area contributed by atoms with Crippen LogP contribution in [0.25, 0.3) is 0 Å². The van der Waals surface area contributed by atoms with Crippen LogP contribution in [0.3, 0.4) is 0 Å². The summed E-state index contributed by atoms with van der Waals surface area (Å²) in [5.74, 6) is -0.852. The van der Waals surface area contributed by atoms with Crippen molar-refractivity contribution >= 4 is 44.6 Å². The summed E-state index contributed by atoms with van der Waals surface area (Å²) in [4.78, 5) is 26.3. The lowest BCUT2D eigenvalue weighted by Crippen LogP contribution is -2.38. The van der Waals surface area contributed by atoms with Crippen molar-refractivity contribution in [2.24, 2.45) is 0 Å². The van der Waals surface area contributed by atoms with Crippen LogP contribution in [0.4, 0.5) is 11.4 Å². The van der Waals surface area contributed by atoms with E-state index in [1.165, 1.54) is 24.0 Å². The molecule has 0 unspecified atom stereocenters. The maximum absolute atomic E-state index is 12.6. The Bertz CT molecular complexity index is 975. The fourth-order valence-corrected chi connectivity index (χ4v) is 4.55. The molecule has 2 aromatic carbocycles. The second kappa shape index (κ2) is 7.09. The number of hydrogen-bond donors (Lipinski definition) is 1. The lowest BCUT2D eigenvalue weighted by atomic mass is 10.2. The van der Waals surface area contributed by atoms with Crippen molar-refractivity contribution in [1.82, 2.24) is 0 Å². The number of hydrogen-bond acceptors (Lipinski definition) is 4. The summed E-state index contributed by atoms with van der Waals surface area (Å²) in [6.45, 7) is 1.21. The molecule has 1 aliphatic heterocycles. The van der Waals surface area contributed by atoms with E-state index in [9.17, 15) is 18.0 Å². The third-order valence-corrected chi connectivity index (χ3v) is 6.58. The van der Waals surface area contributed by atoms with Crippen molar-refractivity contribution < 1.29 is 18.0 Å². The molecule has 0 radical (unpaired) electrons. The van der Waals surface area contributed by atoms with Gasteiger partial charge >= 0.3 is 0 Å². The van der Waals surface area contributed by atoms with Crippen LogP contribution in [0.2, 0.25) is 5.02 Å². The second-order valence-electron chi connectivity index (χ2n) is 6.07. The van der Waals surface area contributed by atoms with Gasteiger partial charge in [-0.25, -0.2) is 8.42 Å². The molecule has 1 aliphatic rings. The molecule has 1 atom stereocenters.